The van der Waals surface area contributed by atoms with Gasteiger partial charge >= 0.3 is 5.97 Å². The van der Waals surface area contributed by atoms with Crippen LogP contribution in [-0.4, -0.2) is 28.4 Å². The van der Waals surface area contributed by atoms with Crippen LogP contribution in [0, 0.1) is 0 Å². The predicted octanol–water partition coefficient (Wildman–Crippen LogP) is 0.837. The minimum absolute atomic E-state index is 0.0440. The highest BCUT2D eigenvalue weighted by atomic mass is 35.5. The number of carbonyl (C=O) groups is 1. The summed E-state index contributed by atoms with van der Waals surface area (Å²) in [5.74, 6) is -0.971. The Bertz CT molecular complexity index is 316. The summed E-state index contributed by atoms with van der Waals surface area (Å²) < 4.78 is 4.74. The van der Waals surface area contributed by atoms with Crippen LogP contribution in [0.15, 0.2) is 6.07 Å². The molecule has 1 aromatic heterocycles. The third-order valence-corrected chi connectivity index (χ3v) is 1.42. The average Bonchev–Trinajstić information content (AvgIpc) is 2.05. The maximum atomic E-state index is 10.4. The molecule has 5 nitrogen and oxygen atoms in total. The normalized spacial score (nSPS) is 9.50. The predicted molar refractivity (Wildman–Crippen MR) is 40.6 cm³/mol. The third-order valence-electron chi connectivity index (χ3n) is 1.16. The van der Waals surface area contributed by atoms with Crippen molar-refractivity contribution in [3.8, 4) is 5.75 Å². The quantitative estimate of drug-likeness (QED) is 0.745. The Morgan fingerprint density at radius 2 is 2.33 bits per heavy atom. The molecule has 0 amide bonds. The third kappa shape index (κ3) is 1.62. The van der Waals surface area contributed by atoms with Crippen molar-refractivity contribution >= 4 is 17.6 Å². The average molecular weight is 189 g/mol. The van der Waals surface area contributed by atoms with Crippen LogP contribution in [0.3, 0.4) is 0 Å². The van der Waals surface area contributed by atoms with Crippen LogP contribution in [-0.2, 0) is 0 Å². The van der Waals surface area contributed by atoms with Crippen molar-refractivity contribution < 1.29 is 14.6 Å². The van der Waals surface area contributed by atoms with Gasteiger partial charge in [0.05, 0.1) is 7.11 Å². The highest BCUT2D eigenvalue weighted by molar-refractivity contribution is 6.30. The molecule has 0 atom stereocenters. The van der Waals surface area contributed by atoms with E-state index in [0.29, 0.717) is 0 Å². The molecule has 1 N–H and O–H groups in total. The van der Waals surface area contributed by atoms with Gasteiger partial charge in [0.25, 0.3) is 0 Å². The molecular formula is C6H5ClN2O3. The number of rotatable bonds is 2. The van der Waals surface area contributed by atoms with Gasteiger partial charge in [-0.1, -0.05) is 11.6 Å². The van der Waals surface area contributed by atoms with E-state index in [2.05, 4.69) is 10.2 Å². The highest BCUT2D eigenvalue weighted by Gasteiger charge is 2.09. The first kappa shape index (κ1) is 8.73. The van der Waals surface area contributed by atoms with E-state index < -0.39 is 5.97 Å². The fourth-order valence-electron chi connectivity index (χ4n) is 0.607. The smallest absolute Gasteiger partial charge is 0.356 e. The molecule has 1 aromatic rings. The van der Waals surface area contributed by atoms with Gasteiger partial charge in [0.15, 0.2) is 16.6 Å². The molecule has 0 bridgehead atoms. The van der Waals surface area contributed by atoms with E-state index in [9.17, 15) is 4.79 Å². The summed E-state index contributed by atoms with van der Waals surface area (Å²) in [7, 11) is 1.37. The lowest BCUT2D eigenvalue weighted by Gasteiger charge is -2.00. The van der Waals surface area contributed by atoms with Gasteiger partial charge in [0.2, 0.25) is 0 Å². The Morgan fingerprint density at radius 3 is 2.83 bits per heavy atom. The number of hydrogen-bond acceptors (Lipinski definition) is 4. The van der Waals surface area contributed by atoms with Crippen molar-refractivity contribution in [2.75, 3.05) is 7.11 Å². The van der Waals surface area contributed by atoms with Crippen molar-refractivity contribution in [1.82, 2.24) is 10.2 Å². The Balaban J connectivity index is 3.13. The molecule has 0 aromatic carbocycles. The van der Waals surface area contributed by atoms with E-state index >= 15 is 0 Å². The van der Waals surface area contributed by atoms with E-state index in [-0.39, 0.29) is 16.6 Å². The minimum atomic E-state index is -1.17. The van der Waals surface area contributed by atoms with Gasteiger partial charge in [-0.25, -0.2) is 4.79 Å². The number of methoxy groups -OCH3 is 1. The maximum absolute atomic E-state index is 10.4. The fourth-order valence-corrected chi connectivity index (χ4v) is 0.777. The van der Waals surface area contributed by atoms with Crippen LogP contribution in [0.5, 0.6) is 5.75 Å². The molecular weight excluding hydrogens is 184 g/mol. The van der Waals surface area contributed by atoms with E-state index in [4.69, 9.17) is 21.4 Å². The number of carboxylic acid groups (broad SMARTS) is 1. The summed E-state index contributed by atoms with van der Waals surface area (Å²) in [5, 5.41) is 15.2. The number of carboxylic acids is 1. The lowest BCUT2D eigenvalue weighted by Crippen LogP contribution is -2.02. The first-order valence-corrected chi connectivity index (χ1v) is 3.33. The second kappa shape index (κ2) is 3.36. The van der Waals surface area contributed by atoms with Gasteiger partial charge in [0.1, 0.15) is 0 Å². The Hall–Kier alpha value is -1.36. The van der Waals surface area contributed by atoms with E-state index in [1.807, 2.05) is 0 Å². The van der Waals surface area contributed by atoms with Crippen LogP contribution in [0.2, 0.25) is 5.15 Å². The Labute approximate surface area is 72.9 Å². The van der Waals surface area contributed by atoms with Gasteiger partial charge in [0, 0.05) is 6.07 Å². The van der Waals surface area contributed by atoms with Crippen LogP contribution in [0.4, 0.5) is 0 Å². The lowest BCUT2D eigenvalue weighted by molar-refractivity contribution is 0.0688. The Morgan fingerprint density at radius 1 is 1.67 bits per heavy atom. The second-order valence-electron chi connectivity index (χ2n) is 1.89. The van der Waals surface area contributed by atoms with Gasteiger partial charge in [-0.3, -0.25) is 0 Å². The van der Waals surface area contributed by atoms with Crippen molar-refractivity contribution in [1.29, 1.82) is 0 Å². The van der Waals surface area contributed by atoms with E-state index in [1.54, 1.807) is 0 Å². The molecule has 1 rings (SSSR count). The molecule has 1 heterocycles. The molecule has 0 saturated carbocycles. The summed E-state index contributed by atoms with van der Waals surface area (Å²) in [5.41, 5.74) is -0.198. The highest BCUT2D eigenvalue weighted by Crippen LogP contribution is 2.20. The van der Waals surface area contributed by atoms with Gasteiger partial charge < -0.3 is 9.84 Å². The topological polar surface area (TPSA) is 72.3 Å². The van der Waals surface area contributed by atoms with Crippen molar-refractivity contribution in [3.05, 3.63) is 16.9 Å². The molecule has 0 aliphatic heterocycles. The summed E-state index contributed by atoms with van der Waals surface area (Å²) in [6.07, 6.45) is 0. The molecule has 0 aliphatic rings. The van der Waals surface area contributed by atoms with Gasteiger partial charge in [-0.2, -0.15) is 0 Å². The minimum Gasteiger partial charge on any atom is -0.493 e. The number of nitrogens with zero attached hydrogens (tertiary/aromatic N) is 2. The number of hydrogen-bond donors (Lipinski definition) is 1. The van der Waals surface area contributed by atoms with E-state index in [0.717, 1.165) is 0 Å². The van der Waals surface area contributed by atoms with Crippen LogP contribution >= 0.6 is 11.6 Å². The summed E-state index contributed by atoms with van der Waals surface area (Å²) >= 11 is 5.51. The number of aromatic carboxylic acids is 1. The van der Waals surface area contributed by atoms with Crippen LogP contribution in [0.25, 0.3) is 0 Å². The molecule has 0 spiro atoms. The first-order chi connectivity index (χ1) is 5.65. The Kier molecular flexibility index (Phi) is 2.44. The number of halogens is 1. The molecule has 0 aliphatic carbocycles. The second-order valence-corrected chi connectivity index (χ2v) is 2.25. The zero-order chi connectivity index (χ0) is 9.14. The lowest BCUT2D eigenvalue weighted by atomic mass is 10.4. The van der Waals surface area contributed by atoms with Gasteiger partial charge in [-0.15, -0.1) is 10.2 Å². The van der Waals surface area contributed by atoms with Gasteiger partial charge in [-0.05, 0) is 0 Å². The van der Waals surface area contributed by atoms with Crippen LogP contribution in [0.1, 0.15) is 10.5 Å². The largest absolute Gasteiger partial charge is 0.493 e. The standard InChI is InChI=1S/C6H5ClN2O3/c1-12-4-2-3(6(10)11)8-9-5(4)7/h2H,1H3,(H,10,11). The van der Waals surface area contributed by atoms with E-state index in [1.165, 1.54) is 13.2 Å². The molecule has 0 saturated heterocycles. The summed E-state index contributed by atoms with van der Waals surface area (Å²) in [6, 6.07) is 1.21. The monoisotopic (exact) mass is 188 g/mol. The molecule has 64 valence electrons. The number of aromatic nitrogens is 2. The summed E-state index contributed by atoms with van der Waals surface area (Å²) in [6.45, 7) is 0. The SMILES string of the molecule is COc1cc(C(=O)O)nnc1Cl. The molecule has 0 radical (unpaired) electrons. The first-order valence-electron chi connectivity index (χ1n) is 2.95. The zero-order valence-corrected chi connectivity index (χ0v) is 6.87. The molecule has 0 fully saturated rings. The number of ether oxygens (including phenoxy) is 1. The maximum Gasteiger partial charge on any atom is 0.356 e. The molecule has 0 unspecified atom stereocenters. The summed E-state index contributed by atoms with van der Waals surface area (Å²) in [4.78, 5) is 10.4. The van der Waals surface area contributed by atoms with Crippen molar-refractivity contribution in [2.45, 2.75) is 0 Å². The van der Waals surface area contributed by atoms with Crippen molar-refractivity contribution in [2.24, 2.45) is 0 Å². The van der Waals surface area contributed by atoms with Crippen LogP contribution < -0.4 is 4.74 Å². The molecule has 12 heavy (non-hydrogen) atoms. The van der Waals surface area contributed by atoms with Crippen molar-refractivity contribution in [3.63, 3.8) is 0 Å². The molecule has 6 heteroatoms. The fraction of sp³-hybridized carbons (Fsp3) is 0.167. The zero-order valence-electron chi connectivity index (χ0n) is 6.11.